The van der Waals surface area contributed by atoms with E-state index < -0.39 is 23.3 Å². The maximum Gasteiger partial charge on any atom is 0.262 e. The van der Waals surface area contributed by atoms with Crippen LogP contribution in [0, 0.1) is 17.3 Å². The standard InChI is InChI=1S/C20H26N4O6/c25-12-23(29)11-20(8-15(20)13-4-1-2-5-13)19(28)24-7-3-6-16(24)18(27)22-17(26)14-9-21-30-10-14/h9-10,12-13,15-16,29H,1-8,11H2,(H,22,26,27)/t15-,16+,20-/m1/s1. The van der Waals surface area contributed by atoms with Gasteiger partial charge in [-0.05, 0) is 31.1 Å². The molecule has 0 spiro atoms. The Morgan fingerprint density at radius 1 is 1.30 bits per heavy atom. The molecular weight excluding hydrogens is 392 g/mol. The minimum absolute atomic E-state index is 0.0685. The van der Waals surface area contributed by atoms with Crippen LogP contribution in [0.4, 0.5) is 0 Å². The highest BCUT2D eigenvalue weighted by Gasteiger charge is 2.65. The molecule has 1 saturated heterocycles. The van der Waals surface area contributed by atoms with Gasteiger partial charge in [-0.1, -0.05) is 30.8 Å². The molecule has 1 aromatic rings. The fourth-order valence-electron chi connectivity index (χ4n) is 5.29. The van der Waals surface area contributed by atoms with Crippen LogP contribution in [-0.2, 0) is 14.4 Å². The Bertz CT molecular complexity index is 821. The van der Waals surface area contributed by atoms with E-state index in [2.05, 4.69) is 15.0 Å². The smallest absolute Gasteiger partial charge is 0.262 e. The molecule has 3 atom stereocenters. The molecule has 1 aromatic heterocycles. The summed E-state index contributed by atoms with van der Waals surface area (Å²) in [6.07, 6.45) is 8.70. The van der Waals surface area contributed by atoms with Gasteiger partial charge in [-0.15, -0.1) is 0 Å². The molecular formula is C20H26N4O6. The quantitative estimate of drug-likeness (QED) is 0.292. The molecule has 3 aliphatic rings. The second-order valence-electron chi connectivity index (χ2n) is 8.60. The van der Waals surface area contributed by atoms with Crippen molar-refractivity contribution in [2.24, 2.45) is 17.3 Å². The summed E-state index contributed by atoms with van der Waals surface area (Å²) in [5.74, 6) is -0.885. The molecule has 162 valence electrons. The second kappa shape index (κ2) is 8.17. The van der Waals surface area contributed by atoms with Crippen LogP contribution < -0.4 is 5.32 Å². The van der Waals surface area contributed by atoms with Crippen LogP contribution in [0.1, 0.15) is 55.3 Å². The number of aromatic nitrogens is 1. The zero-order valence-electron chi connectivity index (χ0n) is 16.7. The number of hydrogen-bond acceptors (Lipinski definition) is 7. The molecule has 10 nitrogen and oxygen atoms in total. The molecule has 30 heavy (non-hydrogen) atoms. The lowest BCUT2D eigenvalue weighted by Gasteiger charge is -2.30. The third kappa shape index (κ3) is 3.71. The van der Waals surface area contributed by atoms with Crippen molar-refractivity contribution in [1.82, 2.24) is 20.4 Å². The van der Waals surface area contributed by atoms with Gasteiger partial charge in [-0.3, -0.25) is 29.7 Å². The van der Waals surface area contributed by atoms with E-state index in [1.165, 1.54) is 11.1 Å². The minimum Gasteiger partial charge on any atom is -0.364 e. The van der Waals surface area contributed by atoms with Gasteiger partial charge in [0.05, 0.1) is 23.7 Å². The fraction of sp³-hybridized carbons (Fsp3) is 0.650. The third-order valence-corrected chi connectivity index (χ3v) is 6.84. The predicted molar refractivity (Wildman–Crippen MR) is 101 cm³/mol. The van der Waals surface area contributed by atoms with Crippen LogP contribution in [-0.4, -0.2) is 63.6 Å². The highest BCUT2D eigenvalue weighted by Crippen LogP contribution is 2.61. The van der Waals surface area contributed by atoms with E-state index in [1.54, 1.807) is 0 Å². The molecule has 2 saturated carbocycles. The van der Waals surface area contributed by atoms with E-state index in [1.807, 2.05) is 0 Å². The van der Waals surface area contributed by atoms with Gasteiger partial charge in [0.1, 0.15) is 12.3 Å². The molecule has 0 bridgehead atoms. The summed E-state index contributed by atoms with van der Waals surface area (Å²) >= 11 is 0. The van der Waals surface area contributed by atoms with E-state index in [4.69, 9.17) is 0 Å². The summed E-state index contributed by atoms with van der Waals surface area (Å²) in [5.41, 5.74) is -0.729. The highest BCUT2D eigenvalue weighted by atomic mass is 16.5. The van der Waals surface area contributed by atoms with Gasteiger partial charge >= 0.3 is 0 Å². The maximum atomic E-state index is 13.6. The van der Waals surface area contributed by atoms with Crippen molar-refractivity contribution in [2.45, 2.75) is 51.0 Å². The Balaban J connectivity index is 1.48. The van der Waals surface area contributed by atoms with Crippen molar-refractivity contribution in [3.05, 3.63) is 18.0 Å². The summed E-state index contributed by atoms with van der Waals surface area (Å²) in [4.78, 5) is 51.0. The van der Waals surface area contributed by atoms with Crippen molar-refractivity contribution in [1.29, 1.82) is 0 Å². The van der Waals surface area contributed by atoms with Crippen LogP contribution in [0.2, 0.25) is 0 Å². The Hall–Kier alpha value is -2.75. The van der Waals surface area contributed by atoms with Crippen molar-refractivity contribution >= 4 is 24.1 Å². The largest absolute Gasteiger partial charge is 0.364 e. The molecule has 0 unspecified atom stereocenters. The average molecular weight is 418 g/mol. The number of rotatable bonds is 7. The molecule has 2 heterocycles. The number of hydroxylamine groups is 2. The number of likely N-dealkylation sites (tertiary alicyclic amines) is 1. The molecule has 4 amide bonds. The molecule has 0 radical (unpaired) electrons. The summed E-state index contributed by atoms with van der Waals surface area (Å²) in [6, 6.07) is -0.758. The van der Waals surface area contributed by atoms with E-state index in [0.717, 1.165) is 31.9 Å². The number of imide groups is 1. The SMILES string of the molecule is O=CN(O)C[C@]1(C(=O)N2CCC[C@H]2C(=O)NC(=O)c2cnoc2)C[C@@H]1C1CCCC1. The van der Waals surface area contributed by atoms with Gasteiger partial charge in [0, 0.05) is 6.54 Å². The number of nitrogens with one attached hydrogen (secondary N) is 1. The minimum atomic E-state index is -0.855. The molecule has 1 aliphatic heterocycles. The molecule has 10 heteroatoms. The average Bonchev–Trinajstić information content (AvgIpc) is 3.30. The van der Waals surface area contributed by atoms with Crippen molar-refractivity contribution < 1.29 is 28.9 Å². The second-order valence-corrected chi connectivity index (χ2v) is 8.60. The third-order valence-electron chi connectivity index (χ3n) is 6.84. The number of carbonyl (C=O) groups excluding carboxylic acids is 4. The highest BCUT2D eigenvalue weighted by molar-refractivity contribution is 6.06. The monoisotopic (exact) mass is 418 g/mol. The number of carbonyl (C=O) groups is 4. The first-order chi connectivity index (χ1) is 14.5. The van der Waals surface area contributed by atoms with Gasteiger partial charge in [0.15, 0.2) is 0 Å². The number of hydrogen-bond donors (Lipinski definition) is 2. The summed E-state index contributed by atoms with van der Waals surface area (Å²) in [6.45, 7) is 0.338. The van der Waals surface area contributed by atoms with Gasteiger partial charge in [0.2, 0.25) is 18.2 Å². The lowest BCUT2D eigenvalue weighted by molar-refractivity contribution is -0.160. The molecule has 2 aliphatic carbocycles. The Morgan fingerprint density at radius 2 is 2.07 bits per heavy atom. The topological polar surface area (TPSA) is 133 Å². The van der Waals surface area contributed by atoms with E-state index in [9.17, 15) is 24.4 Å². The van der Waals surface area contributed by atoms with Crippen molar-refractivity contribution in [3.63, 3.8) is 0 Å². The fourth-order valence-corrected chi connectivity index (χ4v) is 5.29. The molecule has 2 N–H and O–H groups in total. The Morgan fingerprint density at radius 3 is 2.73 bits per heavy atom. The maximum absolute atomic E-state index is 13.6. The van der Waals surface area contributed by atoms with Crippen LogP contribution in [0.25, 0.3) is 0 Å². The lowest BCUT2D eigenvalue weighted by Crippen LogP contribution is -2.51. The lowest BCUT2D eigenvalue weighted by atomic mass is 9.91. The van der Waals surface area contributed by atoms with Crippen LogP contribution in [0.5, 0.6) is 0 Å². The molecule has 4 rings (SSSR count). The molecule has 0 aromatic carbocycles. The first-order valence-electron chi connectivity index (χ1n) is 10.4. The number of nitrogens with zero attached hydrogens (tertiary/aromatic N) is 3. The van der Waals surface area contributed by atoms with Gasteiger partial charge in [-0.2, -0.15) is 0 Å². The normalized spacial score (nSPS) is 28.4. The predicted octanol–water partition coefficient (Wildman–Crippen LogP) is 0.966. The number of amides is 4. The van der Waals surface area contributed by atoms with Gasteiger partial charge in [0.25, 0.3) is 5.91 Å². The van der Waals surface area contributed by atoms with Crippen molar-refractivity contribution in [3.8, 4) is 0 Å². The summed E-state index contributed by atoms with van der Waals surface area (Å²) < 4.78 is 4.62. The Kier molecular flexibility index (Phi) is 5.59. The summed E-state index contributed by atoms with van der Waals surface area (Å²) in [5, 5.41) is 16.1. The Labute approximate surface area is 173 Å². The van der Waals surface area contributed by atoms with Gasteiger partial charge < -0.3 is 9.42 Å². The van der Waals surface area contributed by atoms with E-state index in [-0.39, 0.29) is 23.9 Å². The first-order valence-corrected chi connectivity index (χ1v) is 10.4. The van der Waals surface area contributed by atoms with Gasteiger partial charge in [-0.25, -0.2) is 5.06 Å². The first kappa shape index (κ1) is 20.5. The van der Waals surface area contributed by atoms with E-state index in [0.29, 0.717) is 43.2 Å². The zero-order valence-corrected chi connectivity index (χ0v) is 16.7. The summed E-state index contributed by atoms with van der Waals surface area (Å²) in [7, 11) is 0. The van der Waals surface area contributed by atoms with Crippen LogP contribution in [0.3, 0.4) is 0 Å². The van der Waals surface area contributed by atoms with Crippen LogP contribution >= 0.6 is 0 Å². The zero-order chi connectivity index (χ0) is 21.3. The van der Waals surface area contributed by atoms with Crippen molar-refractivity contribution in [2.75, 3.05) is 13.1 Å². The van der Waals surface area contributed by atoms with Crippen LogP contribution in [0.15, 0.2) is 17.0 Å². The molecule has 3 fully saturated rings. The van der Waals surface area contributed by atoms with E-state index >= 15 is 0 Å².